The summed E-state index contributed by atoms with van der Waals surface area (Å²) in [6.07, 6.45) is 2.97. The lowest BCUT2D eigenvalue weighted by Crippen LogP contribution is -2.42. The Morgan fingerprint density at radius 3 is 1.83 bits per heavy atom. The van der Waals surface area contributed by atoms with E-state index in [2.05, 4.69) is 27.7 Å². The first-order chi connectivity index (χ1) is 13.3. The highest BCUT2D eigenvalue weighted by Gasteiger charge is 2.56. The van der Waals surface area contributed by atoms with Gasteiger partial charge in [-0.05, 0) is 80.7 Å². The molecule has 1 aromatic rings. The summed E-state index contributed by atoms with van der Waals surface area (Å²) in [5, 5.41) is 4.87. The Hall–Kier alpha value is -0.860. The molecule has 160 valence electrons. The van der Waals surface area contributed by atoms with Crippen LogP contribution < -0.4 is 11.2 Å². The van der Waals surface area contributed by atoms with E-state index >= 15 is 0 Å². The lowest BCUT2D eigenvalue weighted by atomic mass is 9.79. The molecule has 0 N–H and O–H groups in total. The molecule has 0 aliphatic carbocycles. The molecule has 3 fully saturated rings. The van der Waals surface area contributed by atoms with Crippen LogP contribution in [0.5, 0.6) is 0 Å². The van der Waals surface area contributed by atoms with Crippen molar-refractivity contribution in [2.75, 3.05) is 6.61 Å². The predicted molar refractivity (Wildman–Crippen MR) is 112 cm³/mol. The van der Waals surface area contributed by atoms with Gasteiger partial charge < -0.3 is 23.4 Å². The number of aromatic nitrogens is 2. The van der Waals surface area contributed by atoms with E-state index in [0.717, 1.165) is 37.1 Å². The average Bonchev–Trinajstić information content (AvgIpc) is 3.20. The molecule has 0 spiro atoms. The molecule has 3 saturated heterocycles. The van der Waals surface area contributed by atoms with Crippen LogP contribution in [-0.4, -0.2) is 53.0 Å². The molecule has 9 heteroatoms. The van der Waals surface area contributed by atoms with Gasteiger partial charge in [-0.25, -0.2) is 4.68 Å². The molecule has 1 atom stereocenters. The van der Waals surface area contributed by atoms with Crippen molar-refractivity contribution in [2.24, 2.45) is 0 Å². The molecular formula is C20H34B2N2O5. The second kappa shape index (κ2) is 6.82. The van der Waals surface area contributed by atoms with Crippen molar-refractivity contribution < 1.29 is 23.4 Å². The zero-order chi connectivity index (χ0) is 21.2. The molecule has 7 nitrogen and oxygen atoms in total. The van der Waals surface area contributed by atoms with Gasteiger partial charge in [-0.15, -0.1) is 0 Å². The van der Waals surface area contributed by atoms with Gasteiger partial charge in [0.05, 0.1) is 33.6 Å². The Bertz CT molecular complexity index is 739. The Balaban J connectivity index is 1.69. The minimum absolute atomic E-state index is 0.131. The Labute approximate surface area is 175 Å². The summed E-state index contributed by atoms with van der Waals surface area (Å²) in [4.78, 5) is 0. The largest absolute Gasteiger partial charge is 0.516 e. The van der Waals surface area contributed by atoms with Gasteiger partial charge in [0, 0.05) is 6.61 Å². The molecule has 1 aromatic heterocycles. The fourth-order valence-corrected chi connectivity index (χ4v) is 3.79. The fraction of sp³-hybridized carbons (Fsp3) is 0.850. The van der Waals surface area contributed by atoms with Gasteiger partial charge in [-0.3, -0.25) is 0 Å². The van der Waals surface area contributed by atoms with E-state index < -0.39 is 36.6 Å². The van der Waals surface area contributed by atoms with Gasteiger partial charge in [-0.1, -0.05) is 0 Å². The Morgan fingerprint density at radius 2 is 1.34 bits per heavy atom. The van der Waals surface area contributed by atoms with Gasteiger partial charge in [-0.2, -0.15) is 5.10 Å². The van der Waals surface area contributed by atoms with Crippen molar-refractivity contribution in [2.45, 2.75) is 103 Å². The van der Waals surface area contributed by atoms with Gasteiger partial charge in [0.25, 0.3) is 0 Å². The van der Waals surface area contributed by atoms with E-state index in [1.54, 1.807) is 0 Å². The summed E-state index contributed by atoms with van der Waals surface area (Å²) in [5.41, 5.74) is -0.126. The molecule has 4 heterocycles. The molecule has 0 radical (unpaired) electrons. The van der Waals surface area contributed by atoms with Crippen molar-refractivity contribution in [1.82, 2.24) is 9.78 Å². The van der Waals surface area contributed by atoms with E-state index in [9.17, 15) is 0 Å². The molecule has 0 aromatic carbocycles. The van der Waals surface area contributed by atoms with Crippen LogP contribution in [0.15, 0.2) is 6.07 Å². The van der Waals surface area contributed by atoms with E-state index in [1.165, 1.54) is 0 Å². The van der Waals surface area contributed by atoms with Gasteiger partial charge in [0.15, 0.2) is 0 Å². The van der Waals surface area contributed by atoms with E-state index in [-0.39, 0.29) is 6.23 Å². The number of nitrogens with zero attached hydrogens (tertiary/aromatic N) is 2. The summed E-state index contributed by atoms with van der Waals surface area (Å²) in [7, 11) is -1.06. The average molecular weight is 404 g/mol. The maximum atomic E-state index is 6.32. The summed E-state index contributed by atoms with van der Waals surface area (Å²) in [6, 6.07) is 1.99. The van der Waals surface area contributed by atoms with Crippen LogP contribution in [0.25, 0.3) is 0 Å². The van der Waals surface area contributed by atoms with E-state index in [0.29, 0.717) is 0 Å². The second-order valence-corrected chi connectivity index (χ2v) is 10.4. The molecule has 3 aliphatic heterocycles. The number of ether oxygens (including phenoxy) is 1. The van der Waals surface area contributed by atoms with Crippen LogP contribution in [0.2, 0.25) is 0 Å². The zero-order valence-corrected chi connectivity index (χ0v) is 19.1. The van der Waals surface area contributed by atoms with Crippen LogP contribution in [-0.2, 0) is 23.4 Å². The lowest BCUT2D eigenvalue weighted by molar-refractivity contribution is -0.0377. The maximum Gasteiger partial charge on any atom is 0.516 e. The minimum atomic E-state index is -0.536. The first-order valence-corrected chi connectivity index (χ1v) is 10.8. The first-order valence-electron chi connectivity index (χ1n) is 10.8. The topological polar surface area (TPSA) is 64.0 Å². The molecule has 4 rings (SSSR count). The molecule has 3 aliphatic rings. The molecular weight excluding hydrogens is 370 g/mol. The van der Waals surface area contributed by atoms with E-state index in [1.807, 2.05) is 38.4 Å². The standard InChI is InChI=1S/C20H34B2N2O5/c1-17(2)18(3,4)27-21(26-17)14-13-15(22-28-19(5,6)20(7,8)29-22)24(23-14)16-11-9-10-12-25-16/h13,16H,9-12H2,1-8H3. The third-order valence-corrected chi connectivity index (χ3v) is 7.20. The number of hydrogen-bond acceptors (Lipinski definition) is 6. The monoisotopic (exact) mass is 404 g/mol. The molecule has 29 heavy (non-hydrogen) atoms. The number of rotatable bonds is 3. The highest BCUT2D eigenvalue weighted by molar-refractivity contribution is 6.65. The lowest BCUT2D eigenvalue weighted by Gasteiger charge is -2.32. The summed E-state index contributed by atoms with van der Waals surface area (Å²) in [5.74, 6) is 0. The quantitative estimate of drug-likeness (QED) is 0.720. The summed E-state index contributed by atoms with van der Waals surface area (Å²) >= 11 is 0. The van der Waals surface area contributed by atoms with Crippen LogP contribution in [0.3, 0.4) is 0 Å². The predicted octanol–water partition coefficient (Wildman–Crippen LogP) is 2.18. The Morgan fingerprint density at radius 1 is 0.828 bits per heavy atom. The Kier molecular flexibility index (Phi) is 5.03. The third kappa shape index (κ3) is 3.59. The SMILES string of the molecule is CC1(C)OB(c2cc(B3OC(C)(C)C(C)(C)O3)n(C3CCCCO3)n2)OC1(C)C. The van der Waals surface area contributed by atoms with Crippen LogP contribution in [0, 0.1) is 0 Å². The van der Waals surface area contributed by atoms with E-state index in [4.69, 9.17) is 28.5 Å². The van der Waals surface area contributed by atoms with Crippen LogP contribution >= 0.6 is 0 Å². The van der Waals surface area contributed by atoms with Crippen LogP contribution in [0.1, 0.15) is 80.9 Å². The maximum absolute atomic E-state index is 6.32. The minimum Gasteiger partial charge on any atom is -0.398 e. The summed E-state index contributed by atoms with van der Waals surface area (Å²) in [6.45, 7) is 17.1. The van der Waals surface area contributed by atoms with Gasteiger partial charge in [0.2, 0.25) is 0 Å². The molecule has 0 saturated carbocycles. The highest BCUT2D eigenvalue weighted by Crippen LogP contribution is 2.38. The molecule has 0 bridgehead atoms. The third-order valence-electron chi connectivity index (χ3n) is 7.20. The second-order valence-electron chi connectivity index (χ2n) is 10.4. The molecule has 1 unspecified atom stereocenters. The van der Waals surface area contributed by atoms with Gasteiger partial charge in [0.1, 0.15) is 6.23 Å². The van der Waals surface area contributed by atoms with Gasteiger partial charge >= 0.3 is 14.2 Å². The van der Waals surface area contributed by atoms with Crippen molar-refractivity contribution in [1.29, 1.82) is 0 Å². The smallest absolute Gasteiger partial charge is 0.398 e. The number of hydrogen-bond donors (Lipinski definition) is 0. The molecule has 0 amide bonds. The van der Waals surface area contributed by atoms with Crippen molar-refractivity contribution in [3.8, 4) is 0 Å². The van der Waals surface area contributed by atoms with Crippen LogP contribution in [0.4, 0.5) is 0 Å². The highest BCUT2D eigenvalue weighted by atomic mass is 16.7. The zero-order valence-electron chi connectivity index (χ0n) is 19.1. The van der Waals surface area contributed by atoms with Crippen molar-refractivity contribution in [3.05, 3.63) is 6.07 Å². The normalized spacial score (nSPS) is 30.1. The summed E-state index contributed by atoms with van der Waals surface area (Å²) < 4.78 is 33.1. The van der Waals surface area contributed by atoms with Crippen molar-refractivity contribution in [3.63, 3.8) is 0 Å². The first kappa shape index (κ1) is 21.4. The van der Waals surface area contributed by atoms with Crippen molar-refractivity contribution >= 4 is 25.4 Å². The fourth-order valence-electron chi connectivity index (χ4n) is 3.79.